The second-order valence-corrected chi connectivity index (χ2v) is 6.99. The number of amidine groups is 1. The number of aryl methyl sites for hydroxylation is 1. The summed E-state index contributed by atoms with van der Waals surface area (Å²) in [5.41, 5.74) is 16.0. The highest BCUT2D eigenvalue weighted by Gasteiger charge is 2.17. The van der Waals surface area contributed by atoms with Crippen molar-refractivity contribution in [3.05, 3.63) is 83.2 Å². The lowest BCUT2D eigenvalue weighted by atomic mass is 10.1. The first kappa shape index (κ1) is 20.9. The van der Waals surface area contributed by atoms with Crippen molar-refractivity contribution in [3.63, 3.8) is 0 Å². The van der Waals surface area contributed by atoms with Crippen LogP contribution >= 0.6 is 0 Å². The predicted octanol–water partition coefficient (Wildman–Crippen LogP) is 3.39. The zero-order chi connectivity index (χ0) is 21.7. The number of nitrogens with zero attached hydrogens (tertiary/aromatic N) is 2. The highest BCUT2D eigenvalue weighted by atomic mass is 16.5. The number of nitrogens with two attached hydrogens (primary N) is 2. The van der Waals surface area contributed by atoms with Crippen molar-refractivity contribution in [1.82, 2.24) is 4.98 Å². The van der Waals surface area contributed by atoms with Crippen LogP contribution in [0.3, 0.4) is 0 Å². The van der Waals surface area contributed by atoms with Crippen molar-refractivity contribution >= 4 is 23.1 Å². The summed E-state index contributed by atoms with van der Waals surface area (Å²) in [5, 5.41) is 7.72. The Morgan fingerprint density at radius 2 is 1.97 bits per heavy atom. The fraction of sp³-hybridized carbons (Fsp3) is 0.174. The maximum absolute atomic E-state index is 12.4. The average molecular weight is 403 g/mol. The molecule has 7 heteroatoms. The van der Waals surface area contributed by atoms with E-state index in [-0.39, 0.29) is 18.3 Å². The van der Waals surface area contributed by atoms with Gasteiger partial charge in [0.1, 0.15) is 18.2 Å². The Balaban J connectivity index is 1.92. The van der Waals surface area contributed by atoms with Crippen LogP contribution in [-0.4, -0.2) is 16.7 Å². The maximum Gasteiger partial charge on any atom is 0.224 e. The number of pyridine rings is 1. The van der Waals surface area contributed by atoms with E-state index in [9.17, 15) is 4.79 Å². The van der Waals surface area contributed by atoms with Crippen molar-refractivity contribution < 1.29 is 9.53 Å². The molecular formula is C23H25N5O2. The summed E-state index contributed by atoms with van der Waals surface area (Å²) in [4.78, 5) is 18.3. The van der Waals surface area contributed by atoms with Crippen LogP contribution in [0.15, 0.2) is 60.8 Å². The largest absolute Gasteiger partial charge is 0.487 e. The first-order valence-corrected chi connectivity index (χ1v) is 9.49. The van der Waals surface area contributed by atoms with Gasteiger partial charge < -0.3 is 21.1 Å². The van der Waals surface area contributed by atoms with Gasteiger partial charge in [-0.15, -0.1) is 0 Å². The molecule has 0 aliphatic carbocycles. The van der Waals surface area contributed by atoms with Gasteiger partial charge in [-0.3, -0.25) is 15.2 Å². The number of nitrogens with one attached hydrogen (secondary N) is 1. The molecule has 0 radical (unpaired) electrons. The minimum Gasteiger partial charge on any atom is -0.487 e. The van der Waals surface area contributed by atoms with Gasteiger partial charge >= 0.3 is 0 Å². The fourth-order valence-corrected chi connectivity index (χ4v) is 3.00. The standard InChI is InChI=1S/C23H25N5O2/c1-15-11-20(8-9-21(15)24)28(16(2)29)13-18-7-6-17(23(25)26)12-22(18)30-14-19-5-3-4-10-27-19/h3-12H,13-14,24H2,1-2H3,(H3,25,26). The van der Waals surface area contributed by atoms with Gasteiger partial charge in [0.15, 0.2) is 0 Å². The molecular weight excluding hydrogens is 378 g/mol. The molecule has 0 saturated heterocycles. The number of carbonyl (C=O) groups excluding carboxylic acids is 1. The van der Waals surface area contributed by atoms with E-state index in [4.69, 9.17) is 21.6 Å². The van der Waals surface area contributed by atoms with Crippen LogP contribution < -0.4 is 21.1 Å². The molecule has 5 N–H and O–H groups in total. The van der Waals surface area contributed by atoms with Crippen molar-refractivity contribution in [2.75, 3.05) is 10.6 Å². The molecule has 0 fully saturated rings. The number of benzene rings is 2. The number of rotatable bonds is 7. The third-order valence-corrected chi connectivity index (χ3v) is 4.75. The summed E-state index contributed by atoms with van der Waals surface area (Å²) in [5.74, 6) is 0.388. The number of carbonyl (C=O) groups is 1. The zero-order valence-electron chi connectivity index (χ0n) is 17.1. The lowest BCUT2D eigenvalue weighted by molar-refractivity contribution is -0.116. The number of ether oxygens (including phenoxy) is 1. The van der Waals surface area contributed by atoms with Gasteiger partial charge in [0, 0.05) is 35.6 Å². The van der Waals surface area contributed by atoms with E-state index in [1.54, 1.807) is 29.3 Å². The summed E-state index contributed by atoms with van der Waals surface area (Å²) in [6, 6.07) is 16.4. The lowest BCUT2D eigenvalue weighted by Gasteiger charge is -2.24. The fourth-order valence-electron chi connectivity index (χ4n) is 3.00. The van der Waals surface area contributed by atoms with Crippen molar-refractivity contribution in [1.29, 1.82) is 5.41 Å². The molecule has 0 bridgehead atoms. The smallest absolute Gasteiger partial charge is 0.224 e. The van der Waals surface area contributed by atoms with Crippen molar-refractivity contribution in [2.45, 2.75) is 27.0 Å². The van der Waals surface area contributed by atoms with Gasteiger partial charge in [0.2, 0.25) is 5.91 Å². The first-order valence-electron chi connectivity index (χ1n) is 9.49. The van der Waals surface area contributed by atoms with Gasteiger partial charge in [-0.2, -0.15) is 0 Å². The molecule has 1 aromatic heterocycles. The molecule has 1 amide bonds. The quantitative estimate of drug-likeness (QED) is 0.317. The molecule has 154 valence electrons. The van der Waals surface area contributed by atoms with E-state index >= 15 is 0 Å². The van der Waals surface area contributed by atoms with E-state index in [0.717, 1.165) is 22.5 Å². The molecule has 0 atom stereocenters. The minimum absolute atomic E-state index is 0.0539. The van der Waals surface area contributed by atoms with E-state index < -0.39 is 0 Å². The molecule has 3 aromatic rings. The number of aromatic nitrogens is 1. The third kappa shape index (κ3) is 4.94. The Bertz CT molecular complexity index is 1070. The zero-order valence-corrected chi connectivity index (χ0v) is 17.1. The molecule has 0 spiro atoms. The van der Waals surface area contributed by atoms with Crippen LogP contribution in [0.1, 0.15) is 29.3 Å². The third-order valence-electron chi connectivity index (χ3n) is 4.75. The van der Waals surface area contributed by atoms with Crippen LogP contribution in [0, 0.1) is 12.3 Å². The number of anilines is 2. The molecule has 0 aliphatic rings. The molecule has 1 heterocycles. The van der Waals surface area contributed by atoms with Crippen LogP contribution in [0.4, 0.5) is 11.4 Å². The molecule has 3 rings (SSSR count). The number of nitrogen functional groups attached to an aromatic ring is 2. The predicted molar refractivity (Wildman–Crippen MR) is 118 cm³/mol. The van der Waals surface area contributed by atoms with E-state index in [1.807, 2.05) is 43.3 Å². The molecule has 0 unspecified atom stereocenters. The summed E-state index contributed by atoms with van der Waals surface area (Å²) in [6.45, 7) is 3.98. The minimum atomic E-state index is -0.106. The van der Waals surface area contributed by atoms with Crippen LogP contribution in [0.5, 0.6) is 5.75 Å². The topological polar surface area (TPSA) is 118 Å². The number of hydrogen-bond donors (Lipinski definition) is 3. The monoisotopic (exact) mass is 403 g/mol. The first-order chi connectivity index (χ1) is 14.3. The summed E-state index contributed by atoms with van der Waals surface area (Å²) < 4.78 is 6.00. The van der Waals surface area contributed by atoms with Gasteiger partial charge in [0.05, 0.1) is 12.2 Å². The van der Waals surface area contributed by atoms with E-state index in [0.29, 0.717) is 23.5 Å². The second-order valence-electron chi connectivity index (χ2n) is 6.99. The average Bonchev–Trinajstić information content (AvgIpc) is 2.73. The molecule has 7 nitrogen and oxygen atoms in total. The summed E-state index contributed by atoms with van der Waals surface area (Å²) in [6.07, 6.45) is 1.70. The normalized spacial score (nSPS) is 10.5. The Kier molecular flexibility index (Phi) is 6.32. The molecule has 0 saturated carbocycles. The van der Waals surface area contributed by atoms with Crippen LogP contribution in [0.2, 0.25) is 0 Å². The van der Waals surface area contributed by atoms with Gasteiger partial charge in [-0.05, 0) is 48.9 Å². The Hall–Kier alpha value is -3.87. The number of amides is 1. The van der Waals surface area contributed by atoms with Crippen molar-refractivity contribution in [2.24, 2.45) is 5.73 Å². The summed E-state index contributed by atoms with van der Waals surface area (Å²) in [7, 11) is 0. The van der Waals surface area contributed by atoms with Gasteiger partial charge in [-0.25, -0.2) is 0 Å². The molecule has 2 aromatic carbocycles. The Labute approximate surface area is 175 Å². The SMILES string of the molecule is CC(=O)N(Cc1ccc(C(=N)N)cc1OCc1ccccn1)c1ccc(N)c(C)c1. The van der Waals surface area contributed by atoms with Crippen molar-refractivity contribution in [3.8, 4) is 5.75 Å². The Morgan fingerprint density at radius 1 is 1.17 bits per heavy atom. The van der Waals surface area contributed by atoms with Crippen LogP contribution in [0.25, 0.3) is 0 Å². The second kappa shape index (κ2) is 9.09. The number of hydrogen-bond acceptors (Lipinski definition) is 5. The Morgan fingerprint density at radius 3 is 2.60 bits per heavy atom. The van der Waals surface area contributed by atoms with Gasteiger partial charge in [0.25, 0.3) is 0 Å². The van der Waals surface area contributed by atoms with E-state index in [1.165, 1.54) is 6.92 Å². The maximum atomic E-state index is 12.4. The summed E-state index contributed by atoms with van der Waals surface area (Å²) >= 11 is 0. The molecule has 0 aliphatic heterocycles. The van der Waals surface area contributed by atoms with E-state index in [2.05, 4.69) is 4.98 Å². The van der Waals surface area contributed by atoms with Gasteiger partial charge in [-0.1, -0.05) is 18.2 Å². The highest BCUT2D eigenvalue weighted by Crippen LogP contribution is 2.27. The molecule has 30 heavy (non-hydrogen) atoms. The lowest BCUT2D eigenvalue weighted by Crippen LogP contribution is -2.28. The van der Waals surface area contributed by atoms with Crippen LogP contribution in [-0.2, 0) is 17.9 Å². The highest BCUT2D eigenvalue weighted by molar-refractivity contribution is 5.95.